The van der Waals surface area contributed by atoms with Gasteiger partial charge in [0.1, 0.15) is 0 Å². The largest absolute Gasteiger partial charge is 0.264 e. The van der Waals surface area contributed by atoms with Crippen LogP contribution in [0.1, 0.15) is 36.8 Å². The Balaban J connectivity index is 1.54. The Hall–Kier alpha value is -1.63. The van der Waals surface area contributed by atoms with Crippen LogP contribution in [0.3, 0.4) is 0 Å². The van der Waals surface area contributed by atoms with Gasteiger partial charge < -0.3 is 0 Å². The van der Waals surface area contributed by atoms with E-state index in [4.69, 9.17) is 0 Å². The Morgan fingerprint density at radius 2 is 1.33 bits per heavy atom. The third-order valence-corrected chi connectivity index (χ3v) is 3.25. The first-order chi connectivity index (χ1) is 8.95. The highest BCUT2D eigenvalue weighted by atomic mass is 14.6. The molecule has 0 saturated carbocycles. The van der Waals surface area contributed by atoms with E-state index in [1.807, 2.05) is 18.5 Å². The zero-order valence-electron chi connectivity index (χ0n) is 10.9. The number of benzene rings is 1. The third-order valence-electron chi connectivity index (χ3n) is 3.25. The first-order valence-corrected chi connectivity index (χ1v) is 6.88. The first kappa shape index (κ1) is 12.8. The molecular formula is C17H21N. The fraction of sp³-hybridized carbons (Fsp3) is 0.353. The van der Waals surface area contributed by atoms with Crippen molar-refractivity contribution in [2.45, 2.75) is 38.5 Å². The molecular weight excluding hydrogens is 218 g/mol. The molecule has 0 aliphatic heterocycles. The van der Waals surface area contributed by atoms with Gasteiger partial charge in [-0.25, -0.2) is 0 Å². The highest BCUT2D eigenvalue weighted by Crippen LogP contribution is 2.10. The van der Waals surface area contributed by atoms with E-state index in [1.54, 1.807) is 0 Å². The molecule has 1 heteroatoms. The topological polar surface area (TPSA) is 12.9 Å². The van der Waals surface area contributed by atoms with Gasteiger partial charge in [-0.3, -0.25) is 4.98 Å². The minimum atomic E-state index is 1.17. The SMILES string of the molecule is c1ccc(CCCCCCc2cccnc2)cc1. The summed E-state index contributed by atoms with van der Waals surface area (Å²) in [5.41, 5.74) is 2.82. The molecule has 0 aliphatic carbocycles. The molecule has 0 aliphatic rings. The minimum absolute atomic E-state index is 1.17. The van der Waals surface area contributed by atoms with Gasteiger partial charge in [0.2, 0.25) is 0 Å². The molecule has 18 heavy (non-hydrogen) atoms. The van der Waals surface area contributed by atoms with E-state index in [9.17, 15) is 0 Å². The normalized spacial score (nSPS) is 10.4. The van der Waals surface area contributed by atoms with E-state index >= 15 is 0 Å². The number of nitrogens with zero attached hydrogens (tertiary/aromatic N) is 1. The fourth-order valence-electron chi connectivity index (χ4n) is 2.20. The van der Waals surface area contributed by atoms with Gasteiger partial charge in [0.15, 0.2) is 0 Å². The highest BCUT2D eigenvalue weighted by molar-refractivity contribution is 5.14. The van der Waals surface area contributed by atoms with Crippen LogP contribution in [0.5, 0.6) is 0 Å². The van der Waals surface area contributed by atoms with Crippen molar-refractivity contribution in [3.8, 4) is 0 Å². The predicted molar refractivity (Wildman–Crippen MR) is 76.6 cm³/mol. The molecule has 94 valence electrons. The molecule has 1 aromatic heterocycles. The monoisotopic (exact) mass is 239 g/mol. The van der Waals surface area contributed by atoms with Gasteiger partial charge in [0.05, 0.1) is 0 Å². The number of rotatable bonds is 7. The van der Waals surface area contributed by atoms with E-state index in [2.05, 4.69) is 41.4 Å². The molecule has 0 bridgehead atoms. The molecule has 0 amide bonds. The summed E-state index contributed by atoms with van der Waals surface area (Å²) in [6.45, 7) is 0. The maximum absolute atomic E-state index is 4.14. The Morgan fingerprint density at radius 1 is 0.667 bits per heavy atom. The van der Waals surface area contributed by atoms with Crippen LogP contribution in [0, 0.1) is 0 Å². The van der Waals surface area contributed by atoms with Crippen molar-refractivity contribution < 1.29 is 0 Å². The van der Waals surface area contributed by atoms with Crippen LogP contribution in [0.15, 0.2) is 54.9 Å². The molecule has 2 aromatic rings. The number of aryl methyl sites for hydroxylation is 2. The van der Waals surface area contributed by atoms with E-state index in [-0.39, 0.29) is 0 Å². The smallest absolute Gasteiger partial charge is 0.0299 e. The van der Waals surface area contributed by atoms with Crippen LogP contribution in [-0.4, -0.2) is 4.98 Å². The quantitative estimate of drug-likeness (QED) is 0.651. The lowest BCUT2D eigenvalue weighted by atomic mass is 10.0. The van der Waals surface area contributed by atoms with Crippen molar-refractivity contribution >= 4 is 0 Å². The molecule has 1 nitrogen and oxygen atoms in total. The van der Waals surface area contributed by atoms with Gasteiger partial charge in [-0.1, -0.05) is 49.2 Å². The van der Waals surface area contributed by atoms with Crippen LogP contribution in [0.4, 0.5) is 0 Å². The van der Waals surface area contributed by atoms with Crippen molar-refractivity contribution in [1.29, 1.82) is 0 Å². The maximum Gasteiger partial charge on any atom is 0.0299 e. The molecule has 0 saturated heterocycles. The summed E-state index contributed by atoms with van der Waals surface area (Å²) in [7, 11) is 0. The lowest BCUT2D eigenvalue weighted by Crippen LogP contribution is -1.88. The lowest BCUT2D eigenvalue weighted by Gasteiger charge is -2.02. The lowest BCUT2D eigenvalue weighted by molar-refractivity contribution is 0.640. The summed E-state index contributed by atoms with van der Waals surface area (Å²) in [4.78, 5) is 4.14. The van der Waals surface area contributed by atoms with E-state index in [1.165, 1.54) is 49.7 Å². The molecule has 0 unspecified atom stereocenters. The molecule has 1 aromatic carbocycles. The predicted octanol–water partition coefficient (Wildman–Crippen LogP) is 4.43. The highest BCUT2D eigenvalue weighted by Gasteiger charge is 1.95. The van der Waals surface area contributed by atoms with Crippen molar-refractivity contribution in [3.63, 3.8) is 0 Å². The average molecular weight is 239 g/mol. The Kier molecular flexibility index (Phi) is 5.45. The Bertz CT molecular complexity index is 378. The summed E-state index contributed by atoms with van der Waals surface area (Å²) in [6.07, 6.45) is 11.4. The van der Waals surface area contributed by atoms with Crippen LogP contribution in [0.2, 0.25) is 0 Å². The second-order valence-corrected chi connectivity index (χ2v) is 4.76. The van der Waals surface area contributed by atoms with Crippen molar-refractivity contribution in [2.75, 3.05) is 0 Å². The number of aromatic nitrogens is 1. The summed E-state index contributed by atoms with van der Waals surface area (Å²) >= 11 is 0. The Morgan fingerprint density at radius 3 is 2.00 bits per heavy atom. The minimum Gasteiger partial charge on any atom is -0.264 e. The first-order valence-electron chi connectivity index (χ1n) is 6.88. The van der Waals surface area contributed by atoms with E-state index in [0.29, 0.717) is 0 Å². The van der Waals surface area contributed by atoms with E-state index in [0.717, 1.165) is 0 Å². The second kappa shape index (κ2) is 7.65. The molecule has 0 N–H and O–H groups in total. The molecule has 1 heterocycles. The number of hydrogen-bond acceptors (Lipinski definition) is 1. The number of pyridine rings is 1. The fourth-order valence-corrected chi connectivity index (χ4v) is 2.20. The third kappa shape index (κ3) is 4.70. The zero-order chi connectivity index (χ0) is 12.5. The van der Waals surface area contributed by atoms with Gasteiger partial charge >= 0.3 is 0 Å². The average Bonchev–Trinajstić information content (AvgIpc) is 2.45. The van der Waals surface area contributed by atoms with Crippen molar-refractivity contribution in [2.24, 2.45) is 0 Å². The number of hydrogen-bond donors (Lipinski definition) is 0. The molecule has 0 spiro atoms. The van der Waals surface area contributed by atoms with E-state index < -0.39 is 0 Å². The van der Waals surface area contributed by atoms with Crippen LogP contribution >= 0.6 is 0 Å². The summed E-state index contributed by atoms with van der Waals surface area (Å²) in [5.74, 6) is 0. The zero-order valence-corrected chi connectivity index (χ0v) is 10.9. The van der Waals surface area contributed by atoms with Gasteiger partial charge in [0, 0.05) is 12.4 Å². The van der Waals surface area contributed by atoms with Crippen LogP contribution in [0.25, 0.3) is 0 Å². The second-order valence-electron chi connectivity index (χ2n) is 4.76. The maximum atomic E-state index is 4.14. The molecule has 0 atom stereocenters. The Labute approximate surface area is 110 Å². The van der Waals surface area contributed by atoms with Crippen molar-refractivity contribution in [3.05, 3.63) is 66.0 Å². The molecule has 2 rings (SSSR count). The molecule has 0 radical (unpaired) electrons. The van der Waals surface area contributed by atoms with Gasteiger partial charge in [0.25, 0.3) is 0 Å². The molecule has 0 fully saturated rings. The van der Waals surface area contributed by atoms with Crippen LogP contribution < -0.4 is 0 Å². The van der Waals surface area contributed by atoms with Gasteiger partial charge in [-0.05, 0) is 42.9 Å². The standard InChI is InChI=1S/C17H21N/c1(4-9-16-10-6-3-7-11-16)2-5-12-17-13-8-14-18-15-17/h3,6-8,10-11,13-15H,1-2,4-5,9,12H2. The van der Waals surface area contributed by atoms with Gasteiger partial charge in [-0.15, -0.1) is 0 Å². The summed E-state index contributed by atoms with van der Waals surface area (Å²) in [5, 5.41) is 0. The van der Waals surface area contributed by atoms with Gasteiger partial charge in [-0.2, -0.15) is 0 Å². The van der Waals surface area contributed by atoms with Crippen molar-refractivity contribution in [1.82, 2.24) is 4.98 Å². The summed E-state index contributed by atoms with van der Waals surface area (Å²) in [6, 6.07) is 14.9. The number of unbranched alkanes of at least 4 members (excludes halogenated alkanes) is 3. The summed E-state index contributed by atoms with van der Waals surface area (Å²) < 4.78 is 0. The van der Waals surface area contributed by atoms with Crippen LogP contribution in [-0.2, 0) is 12.8 Å².